The molecule has 1 aliphatic carbocycles. The molecule has 2 aliphatic heterocycles. The summed E-state index contributed by atoms with van der Waals surface area (Å²) in [6.07, 6.45) is 6.15. The summed E-state index contributed by atoms with van der Waals surface area (Å²) < 4.78 is 10.9. The Kier molecular flexibility index (Phi) is 5.37. The lowest BCUT2D eigenvalue weighted by molar-refractivity contribution is -0.139. The molecule has 0 spiro atoms. The number of amides is 2. The largest absolute Gasteiger partial charge is 0.454 e. The average Bonchev–Trinajstić information content (AvgIpc) is 3.21. The first-order valence-electron chi connectivity index (χ1n) is 11.4. The van der Waals surface area contributed by atoms with Crippen LogP contribution in [0.2, 0.25) is 0 Å². The molecule has 0 radical (unpaired) electrons. The fourth-order valence-corrected chi connectivity index (χ4v) is 4.79. The van der Waals surface area contributed by atoms with E-state index in [0.717, 1.165) is 55.2 Å². The summed E-state index contributed by atoms with van der Waals surface area (Å²) in [6.45, 7) is 4.25. The zero-order valence-electron chi connectivity index (χ0n) is 18.6. The molecule has 2 amide bonds. The Labute approximate surface area is 188 Å². The van der Waals surface area contributed by atoms with Crippen molar-refractivity contribution in [2.75, 3.05) is 12.1 Å². The van der Waals surface area contributed by atoms with Crippen molar-refractivity contribution in [1.29, 1.82) is 0 Å². The number of aryl methyl sites for hydroxylation is 2. The van der Waals surface area contributed by atoms with Gasteiger partial charge >= 0.3 is 0 Å². The van der Waals surface area contributed by atoms with Gasteiger partial charge in [-0.25, -0.2) is 0 Å². The molecule has 1 fully saturated rings. The Hall–Kier alpha value is -3.28. The number of rotatable bonds is 4. The summed E-state index contributed by atoms with van der Waals surface area (Å²) in [5.41, 5.74) is 4.48. The molecule has 5 rings (SSSR count). The summed E-state index contributed by atoms with van der Waals surface area (Å²) in [4.78, 5) is 28.8. The SMILES string of the molecule is Cc1ccc(C2=C(Nc3ccc4c(c3)OCO4)C(=O)N(C3CCCCCC3)C2=O)cc1C. The lowest BCUT2D eigenvalue weighted by atomic mass is 9.99. The van der Waals surface area contributed by atoms with Gasteiger partial charge in [0.1, 0.15) is 5.70 Å². The van der Waals surface area contributed by atoms with Gasteiger partial charge in [-0.1, -0.05) is 43.9 Å². The van der Waals surface area contributed by atoms with Crippen molar-refractivity contribution < 1.29 is 19.1 Å². The third kappa shape index (κ3) is 3.64. The third-order valence-electron chi connectivity index (χ3n) is 6.74. The Balaban J connectivity index is 1.55. The number of fused-ring (bicyclic) bond motifs is 1. The number of anilines is 1. The molecule has 0 bridgehead atoms. The number of ether oxygens (including phenoxy) is 2. The molecule has 0 atom stereocenters. The molecule has 1 saturated carbocycles. The van der Waals surface area contributed by atoms with E-state index < -0.39 is 0 Å². The minimum Gasteiger partial charge on any atom is -0.454 e. The van der Waals surface area contributed by atoms with Crippen LogP contribution >= 0.6 is 0 Å². The maximum atomic E-state index is 13.7. The lowest BCUT2D eigenvalue weighted by Gasteiger charge is -2.25. The van der Waals surface area contributed by atoms with Crippen molar-refractivity contribution in [3.63, 3.8) is 0 Å². The summed E-state index contributed by atoms with van der Waals surface area (Å²) in [5.74, 6) is 0.856. The van der Waals surface area contributed by atoms with Gasteiger partial charge < -0.3 is 14.8 Å². The predicted molar refractivity (Wildman–Crippen MR) is 122 cm³/mol. The zero-order chi connectivity index (χ0) is 22.2. The number of carbonyl (C=O) groups is 2. The average molecular weight is 433 g/mol. The topological polar surface area (TPSA) is 67.9 Å². The second-order valence-corrected chi connectivity index (χ2v) is 8.87. The number of nitrogens with one attached hydrogen (secondary N) is 1. The molecule has 0 aromatic heterocycles. The molecular weight excluding hydrogens is 404 g/mol. The van der Waals surface area contributed by atoms with Gasteiger partial charge in [0.05, 0.1) is 5.57 Å². The molecule has 166 valence electrons. The molecular formula is C26H28N2O4. The van der Waals surface area contributed by atoms with E-state index >= 15 is 0 Å². The van der Waals surface area contributed by atoms with Crippen molar-refractivity contribution in [2.45, 2.75) is 58.4 Å². The third-order valence-corrected chi connectivity index (χ3v) is 6.74. The predicted octanol–water partition coefficient (Wildman–Crippen LogP) is 4.95. The van der Waals surface area contributed by atoms with Crippen molar-refractivity contribution in [3.05, 3.63) is 58.8 Å². The first-order chi connectivity index (χ1) is 15.5. The van der Waals surface area contributed by atoms with E-state index in [0.29, 0.717) is 28.5 Å². The highest BCUT2D eigenvalue weighted by Gasteiger charge is 2.43. The van der Waals surface area contributed by atoms with Crippen LogP contribution in [0.5, 0.6) is 11.5 Å². The van der Waals surface area contributed by atoms with Gasteiger partial charge in [-0.3, -0.25) is 14.5 Å². The van der Waals surface area contributed by atoms with Crippen LogP contribution in [0.3, 0.4) is 0 Å². The maximum Gasteiger partial charge on any atom is 0.278 e. The fourth-order valence-electron chi connectivity index (χ4n) is 4.79. The standard InChI is InChI=1S/C26H28N2O4/c1-16-9-10-18(13-17(16)2)23-24(27-19-11-12-21-22(14-19)32-15-31-21)26(30)28(25(23)29)20-7-5-3-4-6-8-20/h9-14,20,27H,3-8,15H2,1-2H3. The van der Waals surface area contributed by atoms with E-state index in [1.807, 2.05) is 44.2 Å². The smallest absolute Gasteiger partial charge is 0.278 e. The van der Waals surface area contributed by atoms with Crippen LogP contribution < -0.4 is 14.8 Å². The van der Waals surface area contributed by atoms with Crippen LogP contribution in [0.15, 0.2) is 42.1 Å². The molecule has 32 heavy (non-hydrogen) atoms. The highest BCUT2D eigenvalue weighted by molar-refractivity contribution is 6.36. The van der Waals surface area contributed by atoms with E-state index in [-0.39, 0.29) is 24.6 Å². The van der Waals surface area contributed by atoms with Crippen LogP contribution in [0, 0.1) is 13.8 Å². The van der Waals surface area contributed by atoms with Crippen LogP contribution in [-0.4, -0.2) is 29.5 Å². The Morgan fingerprint density at radius 1 is 0.844 bits per heavy atom. The fraction of sp³-hybridized carbons (Fsp3) is 0.385. The van der Waals surface area contributed by atoms with Crippen LogP contribution in [0.25, 0.3) is 5.57 Å². The number of hydrogen-bond acceptors (Lipinski definition) is 5. The molecule has 2 aromatic carbocycles. The number of hydrogen-bond donors (Lipinski definition) is 1. The van der Waals surface area contributed by atoms with E-state index in [4.69, 9.17) is 9.47 Å². The summed E-state index contributed by atoms with van der Waals surface area (Å²) in [5, 5.41) is 3.25. The van der Waals surface area contributed by atoms with Gasteiger partial charge in [-0.2, -0.15) is 0 Å². The summed E-state index contributed by atoms with van der Waals surface area (Å²) in [7, 11) is 0. The van der Waals surface area contributed by atoms with Gasteiger partial charge in [-0.15, -0.1) is 0 Å². The first kappa shape index (κ1) is 20.6. The van der Waals surface area contributed by atoms with E-state index in [9.17, 15) is 9.59 Å². The van der Waals surface area contributed by atoms with Crippen molar-refractivity contribution in [1.82, 2.24) is 4.90 Å². The molecule has 3 aliphatic rings. The zero-order valence-corrected chi connectivity index (χ0v) is 18.6. The van der Waals surface area contributed by atoms with Crippen molar-refractivity contribution in [3.8, 4) is 11.5 Å². The van der Waals surface area contributed by atoms with Gasteiger partial charge in [0.15, 0.2) is 11.5 Å². The Bertz CT molecular complexity index is 1110. The first-order valence-corrected chi connectivity index (χ1v) is 11.4. The molecule has 6 heteroatoms. The molecule has 0 saturated heterocycles. The highest BCUT2D eigenvalue weighted by atomic mass is 16.7. The van der Waals surface area contributed by atoms with Gasteiger partial charge in [-0.05, 0) is 55.5 Å². The number of imide groups is 1. The number of carbonyl (C=O) groups excluding carboxylic acids is 2. The van der Waals surface area contributed by atoms with E-state index in [1.54, 1.807) is 6.07 Å². The Morgan fingerprint density at radius 2 is 1.59 bits per heavy atom. The highest BCUT2D eigenvalue weighted by Crippen LogP contribution is 2.38. The second-order valence-electron chi connectivity index (χ2n) is 8.87. The molecule has 6 nitrogen and oxygen atoms in total. The van der Waals surface area contributed by atoms with Crippen LogP contribution in [0.1, 0.15) is 55.2 Å². The second kappa shape index (κ2) is 8.34. The quantitative estimate of drug-likeness (QED) is 0.547. The Morgan fingerprint density at radius 3 is 2.34 bits per heavy atom. The van der Waals surface area contributed by atoms with Crippen molar-refractivity contribution >= 4 is 23.1 Å². The van der Waals surface area contributed by atoms with Crippen LogP contribution in [-0.2, 0) is 9.59 Å². The molecule has 1 N–H and O–H groups in total. The minimum absolute atomic E-state index is 0.0462. The van der Waals surface area contributed by atoms with E-state index in [2.05, 4.69) is 5.32 Å². The van der Waals surface area contributed by atoms with Gasteiger partial charge in [0.25, 0.3) is 11.8 Å². The monoisotopic (exact) mass is 432 g/mol. The molecule has 2 aromatic rings. The lowest BCUT2D eigenvalue weighted by Crippen LogP contribution is -2.41. The normalized spacial score (nSPS) is 19.0. The van der Waals surface area contributed by atoms with Crippen molar-refractivity contribution in [2.24, 2.45) is 0 Å². The van der Waals surface area contributed by atoms with Crippen LogP contribution in [0.4, 0.5) is 5.69 Å². The molecule has 0 unspecified atom stereocenters. The van der Waals surface area contributed by atoms with Gasteiger partial charge in [0, 0.05) is 17.8 Å². The number of benzene rings is 2. The summed E-state index contributed by atoms with van der Waals surface area (Å²) >= 11 is 0. The molecule has 2 heterocycles. The maximum absolute atomic E-state index is 13.7. The minimum atomic E-state index is -0.243. The van der Waals surface area contributed by atoms with E-state index in [1.165, 1.54) is 4.90 Å². The number of nitrogens with zero attached hydrogens (tertiary/aromatic N) is 1. The summed E-state index contributed by atoms with van der Waals surface area (Å²) in [6, 6.07) is 11.3. The van der Waals surface area contributed by atoms with Gasteiger partial charge in [0.2, 0.25) is 6.79 Å².